The molecule has 88 valence electrons. The quantitative estimate of drug-likeness (QED) is 0.770. The summed E-state index contributed by atoms with van der Waals surface area (Å²) in [7, 11) is 1.47. The van der Waals surface area contributed by atoms with Crippen molar-refractivity contribution in [2.75, 3.05) is 12.4 Å². The van der Waals surface area contributed by atoms with E-state index < -0.39 is 0 Å². The number of nitrogens with one attached hydrogen (secondary N) is 1. The third-order valence-electron chi connectivity index (χ3n) is 2.51. The molecular weight excluding hydrogens is 206 g/mol. The molecule has 1 aromatic rings. The number of rotatable bonds is 4. The molecule has 0 aliphatic carbocycles. The predicted octanol–water partition coefficient (Wildman–Crippen LogP) is 2.39. The number of benzene rings is 1. The fourth-order valence-electron chi connectivity index (χ4n) is 1.21. The van der Waals surface area contributed by atoms with Gasteiger partial charge in [0.1, 0.15) is 0 Å². The van der Waals surface area contributed by atoms with Gasteiger partial charge in [-0.15, -0.1) is 0 Å². The highest BCUT2D eigenvalue weighted by molar-refractivity contribution is 5.92. The molecule has 1 amide bonds. The number of carbonyl (C=O) groups excluding carboxylic acids is 1. The van der Waals surface area contributed by atoms with Gasteiger partial charge in [-0.2, -0.15) is 0 Å². The summed E-state index contributed by atoms with van der Waals surface area (Å²) in [4.78, 5) is 11.6. The Labute approximate surface area is 95.2 Å². The summed E-state index contributed by atoms with van der Waals surface area (Å²) >= 11 is 0. The van der Waals surface area contributed by atoms with E-state index in [1.54, 1.807) is 12.1 Å². The van der Waals surface area contributed by atoms with Gasteiger partial charge in [0.25, 0.3) is 0 Å². The molecule has 16 heavy (non-hydrogen) atoms. The van der Waals surface area contributed by atoms with Crippen LogP contribution in [0.15, 0.2) is 18.2 Å². The largest absolute Gasteiger partial charge is 0.504 e. The van der Waals surface area contributed by atoms with E-state index in [4.69, 9.17) is 4.74 Å². The van der Waals surface area contributed by atoms with Crippen molar-refractivity contribution in [3.63, 3.8) is 0 Å². The zero-order chi connectivity index (χ0) is 12.1. The molecule has 0 saturated carbocycles. The number of hydrogen-bond donors (Lipinski definition) is 2. The first-order chi connectivity index (χ1) is 7.58. The molecule has 1 aromatic carbocycles. The van der Waals surface area contributed by atoms with E-state index in [0.717, 1.165) is 6.42 Å². The van der Waals surface area contributed by atoms with E-state index >= 15 is 0 Å². The van der Waals surface area contributed by atoms with Crippen LogP contribution in [0.5, 0.6) is 11.5 Å². The van der Waals surface area contributed by atoms with Crippen molar-refractivity contribution >= 4 is 11.6 Å². The molecule has 0 bridgehead atoms. The van der Waals surface area contributed by atoms with Crippen LogP contribution in [-0.4, -0.2) is 18.1 Å². The van der Waals surface area contributed by atoms with E-state index in [1.807, 2.05) is 13.8 Å². The first-order valence-corrected chi connectivity index (χ1v) is 5.26. The molecule has 0 heterocycles. The van der Waals surface area contributed by atoms with Gasteiger partial charge in [0, 0.05) is 17.7 Å². The van der Waals surface area contributed by atoms with Crippen LogP contribution in [0, 0.1) is 5.92 Å². The highest BCUT2D eigenvalue weighted by atomic mass is 16.5. The van der Waals surface area contributed by atoms with Gasteiger partial charge in [0.05, 0.1) is 7.11 Å². The smallest absolute Gasteiger partial charge is 0.227 e. The number of carbonyl (C=O) groups is 1. The van der Waals surface area contributed by atoms with E-state index in [9.17, 15) is 9.90 Å². The first-order valence-electron chi connectivity index (χ1n) is 5.26. The van der Waals surface area contributed by atoms with Gasteiger partial charge in [0.2, 0.25) is 5.91 Å². The number of anilines is 1. The highest BCUT2D eigenvalue weighted by Crippen LogP contribution is 2.28. The van der Waals surface area contributed by atoms with Crippen molar-refractivity contribution in [1.29, 1.82) is 0 Å². The molecule has 0 saturated heterocycles. The molecule has 0 radical (unpaired) electrons. The normalized spacial score (nSPS) is 11.9. The highest BCUT2D eigenvalue weighted by Gasteiger charge is 2.11. The van der Waals surface area contributed by atoms with Gasteiger partial charge in [-0.05, 0) is 18.6 Å². The second-order valence-corrected chi connectivity index (χ2v) is 3.69. The maximum atomic E-state index is 11.6. The van der Waals surface area contributed by atoms with Crippen LogP contribution in [0.4, 0.5) is 5.69 Å². The van der Waals surface area contributed by atoms with Crippen molar-refractivity contribution in [1.82, 2.24) is 0 Å². The SMILES string of the molecule is CCC(C)C(=O)Nc1ccc(O)c(OC)c1. The summed E-state index contributed by atoms with van der Waals surface area (Å²) in [5, 5.41) is 12.2. The monoisotopic (exact) mass is 223 g/mol. The Morgan fingerprint density at radius 2 is 2.25 bits per heavy atom. The van der Waals surface area contributed by atoms with Gasteiger partial charge in [0.15, 0.2) is 11.5 Å². The summed E-state index contributed by atoms with van der Waals surface area (Å²) in [5.41, 5.74) is 0.625. The number of amides is 1. The number of methoxy groups -OCH3 is 1. The van der Waals surface area contributed by atoms with Crippen molar-refractivity contribution in [2.45, 2.75) is 20.3 Å². The topological polar surface area (TPSA) is 58.6 Å². The van der Waals surface area contributed by atoms with Gasteiger partial charge >= 0.3 is 0 Å². The number of ether oxygens (including phenoxy) is 1. The second-order valence-electron chi connectivity index (χ2n) is 3.69. The van der Waals surface area contributed by atoms with Gasteiger partial charge < -0.3 is 15.2 Å². The van der Waals surface area contributed by atoms with E-state index in [1.165, 1.54) is 13.2 Å². The predicted molar refractivity (Wildman–Crippen MR) is 62.7 cm³/mol. The minimum atomic E-state index is -0.0322. The maximum absolute atomic E-state index is 11.6. The fraction of sp³-hybridized carbons (Fsp3) is 0.417. The molecule has 1 unspecified atom stereocenters. The van der Waals surface area contributed by atoms with Gasteiger partial charge in [-0.25, -0.2) is 0 Å². The Morgan fingerprint density at radius 3 is 2.81 bits per heavy atom. The molecular formula is C12H17NO3. The summed E-state index contributed by atoms with van der Waals surface area (Å²) < 4.78 is 4.95. The molecule has 1 atom stereocenters. The third kappa shape index (κ3) is 2.89. The molecule has 0 aliphatic heterocycles. The first kappa shape index (κ1) is 12.4. The molecule has 1 rings (SSSR count). The zero-order valence-corrected chi connectivity index (χ0v) is 9.78. The maximum Gasteiger partial charge on any atom is 0.227 e. The Hall–Kier alpha value is -1.71. The van der Waals surface area contributed by atoms with Crippen LogP contribution in [-0.2, 0) is 4.79 Å². The summed E-state index contributed by atoms with van der Waals surface area (Å²) in [6.45, 7) is 3.83. The number of hydrogen-bond acceptors (Lipinski definition) is 3. The molecule has 0 fully saturated rings. The standard InChI is InChI=1S/C12H17NO3/c1-4-8(2)12(15)13-9-5-6-10(14)11(7-9)16-3/h5-8,14H,4H2,1-3H3,(H,13,15). The number of aromatic hydroxyl groups is 1. The van der Waals surface area contributed by atoms with Crippen molar-refractivity contribution in [3.05, 3.63) is 18.2 Å². The van der Waals surface area contributed by atoms with Crippen LogP contribution >= 0.6 is 0 Å². The Balaban J connectivity index is 2.78. The Kier molecular flexibility index (Phi) is 4.17. The van der Waals surface area contributed by atoms with Crippen molar-refractivity contribution in [2.24, 2.45) is 5.92 Å². The Morgan fingerprint density at radius 1 is 1.56 bits per heavy atom. The Bertz CT molecular complexity index is 377. The molecule has 4 heteroatoms. The lowest BCUT2D eigenvalue weighted by atomic mass is 10.1. The van der Waals surface area contributed by atoms with Gasteiger partial charge in [-0.3, -0.25) is 4.79 Å². The van der Waals surface area contributed by atoms with Crippen LogP contribution in [0.1, 0.15) is 20.3 Å². The average molecular weight is 223 g/mol. The summed E-state index contributed by atoms with van der Waals surface area (Å²) in [5.74, 6) is 0.348. The lowest BCUT2D eigenvalue weighted by Crippen LogP contribution is -2.19. The van der Waals surface area contributed by atoms with Crippen molar-refractivity contribution in [3.8, 4) is 11.5 Å². The molecule has 2 N–H and O–H groups in total. The fourth-order valence-corrected chi connectivity index (χ4v) is 1.21. The number of phenolic OH excluding ortho intramolecular Hbond substituents is 1. The van der Waals surface area contributed by atoms with Crippen molar-refractivity contribution < 1.29 is 14.6 Å². The van der Waals surface area contributed by atoms with Crippen LogP contribution < -0.4 is 10.1 Å². The average Bonchev–Trinajstić information content (AvgIpc) is 2.30. The molecule has 0 aromatic heterocycles. The van der Waals surface area contributed by atoms with E-state index in [0.29, 0.717) is 11.4 Å². The molecule has 0 spiro atoms. The minimum Gasteiger partial charge on any atom is -0.504 e. The second kappa shape index (κ2) is 5.39. The lowest BCUT2D eigenvalue weighted by molar-refractivity contribution is -0.119. The summed E-state index contributed by atoms with van der Waals surface area (Å²) in [6.07, 6.45) is 0.793. The summed E-state index contributed by atoms with van der Waals surface area (Å²) in [6, 6.07) is 4.72. The molecule has 0 aliphatic rings. The van der Waals surface area contributed by atoms with E-state index in [-0.39, 0.29) is 17.6 Å². The third-order valence-corrected chi connectivity index (χ3v) is 2.51. The van der Waals surface area contributed by atoms with Crippen LogP contribution in [0.3, 0.4) is 0 Å². The number of phenols is 1. The molecule has 4 nitrogen and oxygen atoms in total. The van der Waals surface area contributed by atoms with E-state index in [2.05, 4.69) is 5.32 Å². The van der Waals surface area contributed by atoms with Crippen LogP contribution in [0.25, 0.3) is 0 Å². The zero-order valence-electron chi connectivity index (χ0n) is 9.78. The lowest BCUT2D eigenvalue weighted by Gasteiger charge is -2.11. The minimum absolute atomic E-state index is 0.0280. The van der Waals surface area contributed by atoms with Crippen LogP contribution in [0.2, 0.25) is 0 Å². The van der Waals surface area contributed by atoms with Gasteiger partial charge in [-0.1, -0.05) is 13.8 Å².